The second kappa shape index (κ2) is 6.18. The van der Waals surface area contributed by atoms with E-state index in [2.05, 4.69) is 10.3 Å². The van der Waals surface area contributed by atoms with Crippen molar-refractivity contribution in [3.8, 4) is 0 Å². The summed E-state index contributed by atoms with van der Waals surface area (Å²) < 4.78 is 12.1. The maximum Gasteiger partial charge on any atom is 0.420 e. The first-order chi connectivity index (χ1) is 12.5. The van der Waals surface area contributed by atoms with Gasteiger partial charge in [-0.25, -0.2) is 9.78 Å². The minimum Gasteiger partial charge on any atom is -0.440 e. The largest absolute Gasteiger partial charge is 0.440 e. The maximum atomic E-state index is 12.4. The molecule has 26 heavy (non-hydrogen) atoms. The van der Waals surface area contributed by atoms with Gasteiger partial charge in [0.1, 0.15) is 12.1 Å². The topological polar surface area (TPSA) is 90.3 Å². The van der Waals surface area contributed by atoms with Crippen LogP contribution < -0.4 is 11.1 Å². The second-order valence-corrected chi connectivity index (χ2v) is 6.36. The molecule has 0 fully saturated rings. The van der Waals surface area contributed by atoms with E-state index in [9.17, 15) is 9.59 Å². The maximum absolute atomic E-state index is 12.4. The number of anilines is 1. The van der Waals surface area contributed by atoms with Crippen molar-refractivity contribution in [1.29, 1.82) is 0 Å². The molecular formula is C19H17N3O4. The van der Waals surface area contributed by atoms with E-state index in [1.54, 1.807) is 42.5 Å². The Hall–Kier alpha value is -3.35. The van der Waals surface area contributed by atoms with E-state index < -0.39 is 5.76 Å². The molecule has 0 saturated carbocycles. The summed E-state index contributed by atoms with van der Waals surface area (Å²) in [5.41, 5.74) is 2.98. The highest BCUT2D eigenvalue weighted by Crippen LogP contribution is 2.23. The molecule has 2 aromatic carbocycles. The monoisotopic (exact) mass is 351 g/mol. The number of hydrogen-bond acceptors (Lipinski definition) is 5. The van der Waals surface area contributed by atoms with Crippen LogP contribution >= 0.6 is 0 Å². The van der Waals surface area contributed by atoms with Gasteiger partial charge in [0.15, 0.2) is 17.1 Å². The molecule has 0 bridgehead atoms. The fourth-order valence-corrected chi connectivity index (χ4v) is 2.78. The zero-order valence-corrected chi connectivity index (χ0v) is 14.4. The first kappa shape index (κ1) is 16.1. The van der Waals surface area contributed by atoms with E-state index in [4.69, 9.17) is 8.83 Å². The van der Waals surface area contributed by atoms with Gasteiger partial charge in [0.05, 0.1) is 5.52 Å². The van der Waals surface area contributed by atoms with Crippen LogP contribution in [0.1, 0.15) is 25.7 Å². The predicted molar refractivity (Wildman–Crippen MR) is 97.2 cm³/mol. The number of nitrogens with zero attached hydrogens (tertiary/aromatic N) is 2. The van der Waals surface area contributed by atoms with Crippen LogP contribution in [0.3, 0.4) is 0 Å². The van der Waals surface area contributed by atoms with Crippen LogP contribution in [0, 0.1) is 0 Å². The Bertz CT molecular complexity index is 1170. The van der Waals surface area contributed by atoms with Crippen LogP contribution in [-0.4, -0.2) is 15.5 Å². The Morgan fingerprint density at radius 2 is 1.96 bits per heavy atom. The number of hydrogen-bond donors (Lipinski definition) is 1. The molecule has 0 aliphatic heterocycles. The van der Waals surface area contributed by atoms with Gasteiger partial charge >= 0.3 is 5.76 Å². The Kier molecular flexibility index (Phi) is 3.84. The van der Waals surface area contributed by atoms with E-state index in [0.717, 1.165) is 0 Å². The zero-order valence-electron chi connectivity index (χ0n) is 14.4. The van der Waals surface area contributed by atoms with E-state index in [-0.39, 0.29) is 18.4 Å². The van der Waals surface area contributed by atoms with E-state index in [1.165, 1.54) is 4.57 Å². The molecule has 0 aliphatic rings. The summed E-state index contributed by atoms with van der Waals surface area (Å²) in [6.45, 7) is 3.87. The molecule has 0 unspecified atom stereocenters. The molecule has 7 heteroatoms. The first-order valence-electron chi connectivity index (χ1n) is 8.30. The third kappa shape index (κ3) is 2.88. The highest BCUT2D eigenvalue weighted by Gasteiger charge is 2.14. The summed E-state index contributed by atoms with van der Waals surface area (Å²) in [4.78, 5) is 28.8. The zero-order chi connectivity index (χ0) is 18.3. The van der Waals surface area contributed by atoms with E-state index in [1.807, 2.05) is 13.8 Å². The highest BCUT2D eigenvalue weighted by atomic mass is 16.4. The van der Waals surface area contributed by atoms with Gasteiger partial charge in [-0.15, -0.1) is 0 Å². The van der Waals surface area contributed by atoms with Gasteiger partial charge in [-0.05, 0) is 30.3 Å². The molecule has 4 rings (SSSR count). The van der Waals surface area contributed by atoms with Crippen LogP contribution in [0.2, 0.25) is 0 Å². The van der Waals surface area contributed by atoms with E-state index >= 15 is 0 Å². The summed E-state index contributed by atoms with van der Waals surface area (Å²) in [7, 11) is 0. The fraction of sp³-hybridized carbons (Fsp3) is 0.211. The highest BCUT2D eigenvalue weighted by molar-refractivity contribution is 5.93. The van der Waals surface area contributed by atoms with Crippen molar-refractivity contribution in [2.75, 3.05) is 5.32 Å². The Morgan fingerprint density at radius 3 is 2.77 bits per heavy atom. The lowest BCUT2D eigenvalue weighted by Gasteiger charge is -2.05. The molecule has 2 heterocycles. The summed E-state index contributed by atoms with van der Waals surface area (Å²) >= 11 is 0. The van der Waals surface area contributed by atoms with Crippen molar-refractivity contribution >= 4 is 33.8 Å². The number of nitrogens with one attached hydrogen (secondary N) is 1. The Balaban J connectivity index is 1.57. The van der Waals surface area contributed by atoms with Crippen LogP contribution in [0.4, 0.5) is 5.69 Å². The molecule has 0 atom stereocenters. The molecule has 0 radical (unpaired) electrons. The lowest BCUT2D eigenvalue weighted by Crippen LogP contribution is -2.24. The van der Waals surface area contributed by atoms with Crippen molar-refractivity contribution in [3.05, 3.63) is 58.9 Å². The molecule has 2 aromatic heterocycles. The number of aromatic nitrogens is 2. The number of rotatable bonds is 4. The van der Waals surface area contributed by atoms with Gasteiger partial charge in [-0.1, -0.05) is 26.0 Å². The SMILES string of the molecule is CC(C)c1nc2cc(NC(=O)Cn3c(=O)oc4ccccc43)ccc2o1. The number of para-hydroxylation sites is 2. The normalized spacial score (nSPS) is 11.5. The van der Waals surface area contributed by atoms with Gasteiger partial charge in [0.2, 0.25) is 5.91 Å². The number of fused-ring (bicyclic) bond motifs is 2. The van der Waals surface area contributed by atoms with Gasteiger partial charge < -0.3 is 14.2 Å². The average Bonchev–Trinajstić information content (AvgIpc) is 3.16. The number of carbonyl (C=O) groups excluding carboxylic acids is 1. The minimum absolute atomic E-state index is 0.135. The second-order valence-electron chi connectivity index (χ2n) is 6.36. The summed E-state index contributed by atoms with van der Waals surface area (Å²) in [6, 6.07) is 12.2. The molecule has 0 aliphatic carbocycles. The first-order valence-corrected chi connectivity index (χ1v) is 8.30. The smallest absolute Gasteiger partial charge is 0.420 e. The quantitative estimate of drug-likeness (QED) is 0.608. The lowest BCUT2D eigenvalue weighted by atomic mass is 10.2. The van der Waals surface area contributed by atoms with Crippen LogP contribution in [0.25, 0.3) is 22.2 Å². The average molecular weight is 351 g/mol. The summed E-state index contributed by atoms with van der Waals surface area (Å²) in [6.07, 6.45) is 0. The van der Waals surface area contributed by atoms with Crippen LogP contribution in [-0.2, 0) is 11.3 Å². The molecule has 7 nitrogen and oxygen atoms in total. The third-order valence-electron chi connectivity index (χ3n) is 4.06. The third-order valence-corrected chi connectivity index (χ3v) is 4.06. The summed E-state index contributed by atoms with van der Waals surface area (Å²) in [5, 5.41) is 2.78. The van der Waals surface area contributed by atoms with Gasteiger partial charge in [-0.3, -0.25) is 9.36 Å². The molecule has 0 saturated heterocycles. The minimum atomic E-state index is -0.560. The number of benzene rings is 2. The molecule has 4 aromatic rings. The fourth-order valence-electron chi connectivity index (χ4n) is 2.78. The number of carbonyl (C=O) groups is 1. The van der Waals surface area contributed by atoms with Gasteiger partial charge in [-0.2, -0.15) is 0 Å². The molecule has 0 spiro atoms. The van der Waals surface area contributed by atoms with Gasteiger partial charge in [0, 0.05) is 11.6 Å². The van der Waals surface area contributed by atoms with E-state index in [0.29, 0.717) is 33.8 Å². The molecule has 132 valence electrons. The standard InChI is InChI=1S/C19H17N3O4/c1-11(2)18-21-13-9-12(7-8-15(13)25-18)20-17(23)10-22-14-5-3-4-6-16(14)26-19(22)24/h3-9,11H,10H2,1-2H3,(H,20,23). The molecule has 1 amide bonds. The van der Waals surface area contributed by atoms with Crippen molar-refractivity contribution in [2.24, 2.45) is 0 Å². The van der Waals surface area contributed by atoms with Gasteiger partial charge in [0.25, 0.3) is 0 Å². The molecule has 1 N–H and O–H groups in total. The Morgan fingerprint density at radius 1 is 1.15 bits per heavy atom. The van der Waals surface area contributed by atoms with Crippen molar-refractivity contribution in [3.63, 3.8) is 0 Å². The lowest BCUT2D eigenvalue weighted by molar-refractivity contribution is -0.116. The van der Waals surface area contributed by atoms with Crippen molar-refractivity contribution in [2.45, 2.75) is 26.3 Å². The number of oxazole rings is 2. The summed E-state index contributed by atoms with van der Waals surface area (Å²) in [5.74, 6) is -0.0537. The molecular weight excluding hydrogens is 334 g/mol. The Labute approximate surface area is 148 Å². The van der Waals surface area contributed by atoms with Crippen molar-refractivity contribution in [1.82, 2.24) is 9.55 Å². The van der Waals surface area contributed by atoms with Crippen LogP contribution in [0.5, 0.6) is 0 Å². The van der Waals surface area contributed by atoms with Crippen LogP contribution in [0.15, 0.2) is 56.1 Å². The number of amides is 1. The van der Waals surface area contributed by atoms with Crippen molar-refractivity contribution < 1.29 is 13.6 Å². The predicted octanol–water partition coefficient (Wildman–Crippen LogP) is 3.50.